The molecular weight excluding hydrogens is 242 g/mol. The van der Waals surface area contributed by atoms with Crippen LogP contribution in [0.4, 0.5) is 5.82 Å². The number of rotatable bonds is 2. The molecule has 6 heteroatoms. The van der Waals surface area contributed by atoms with Gasteiger partial charge in [0.05, 0.1) is 17.7 Å². The van der Waals surface area contributed by atoms with Gasteiger partial charge in [0.25, 0.3) is 5.91 Å². The summed E-state index contributed by atoms with van der Waals surface area (Å²) in [5.74, 6) is -0.00338. The molecule has 1 fully saturated rings. The Morgan fingerprint density at radius 2 is 2.41 bits per heavy atom. The molecule has 3 N–H and O–H groups in total. The lowest BCUT2D eigenvalue weighted by molar-refractivity contribution is 0.0672. The van der Waals surface area contributed by atoms with Crippen LogP contribution in [0.1, 0.15) is 23.3 Å². The molecule has 0 aliphatic carbocycles. The molecule has 1 unspecified atom stereocenters. The third-order valence-electron chi connectivity index (χ3n) is 2.92. The predicted molar refractivity (Wildman–Crippen MR) is 64.8 cm³/mol. The first-order valence-corrected chi connectivity index (χ1v) is 5.85. The fourth-order valence-electron chi connectivity index (χ4n) is 2.04. The van der Waals surface area contributed by atoms with E-state index in [9.17, 15) is 9.90 Å². The minimum absolute atomic E-state index is 0.0360. The van der Waals surface area contributed by atoms with Gasteiger partial charge in [0.15, 0.2) is 0 Å². The smallest absolute Gasteiger partial charge is 0.274 e. The van der Waals surface area contributed by atoms with Crippen molar-refractivity contribution < 1.29 is 9.90 Å². The molecule has 0 spiro atoms. The Bertz CT molecular complexity index is 439. The molecule has 1 aliphatic rings. The average Bonchev–Trinajstić information content (AvgIpc) is 2.79. The van der Waals surface area contributed by atoms with Gasteiger partial charge in [-0.1, -0.05) is 11.6 Å². The van der Waals surface area contributed by atoms with Crippen LogP contribution >= 0.6 is 11.6 Å². The van der Waals surface area contributed by atoms with Crippen LogP contribution in [0.3, 0.4) is 0 Å². The number of likely N-dealkylation sites (tertiary alicyclic amines) is 1. The molecule has 1 aromatic rings. The normalized spacial score (nSPS) is 19.6. The zero-order valence-electron chi connectivity index (χ0n) is 9.27. The summed E-state index contributed by atoms with van der Waals surface area (Å²) in [7, 11) is 0. The molecule has 92 valence electrons. The summed E-state index contributed by atoms with van der Waals surface area (Å²) in [6, 6.07) is 2.97. The van der Waals surface area contributed by atoms with Crippen molar-refractivity contribution in [2.45, 2.75) is 18.9 Å². The third-order valence-corrected chi connectivity index (χ3v) is 3.22. The Morgan fingerprint density at radius 3 is 3.12 bits per heavy atom. The first kappa shape index (κ1) is 12.1. The summed E-state index contributed by atoms with van der Waals surface area (Å²) in [5.41, 5.74) is 5.70. The predicted octanol–water partition coefficient (Wildman–Crippen LogP) is 0.914. The van der Waals surface area contributed by atoms with E-state index in [0.717, 1.165) is 12.8 Å². The highest BCUT2D eigenvalue weighted by Gasteiger charge is 2.30. The number of aliphatic hydroxyl groups is 1. The van der Waals surface area contributed by atoms with Crippen molar-refractivity contribution in [1.29, 1.82) is 0 Å². The molecule has 5 nitrogen and oxygen atoms in total. The van der Waals surface area contributed by atoms with E-state index in [1.165, 1.54) is 0 Å². The van der Waals surface area contributed by atoms with Crippen LogP contribution in [-0.2, 0) is 0 Å². The van der Waals surface area contributed by atoms with Crippen LogP contribution < -0.4 is 5.73 Å². The molecule has 0 aromatic carbocycles. The molecule has 0 radical (unpaired) electrons. The van der Waals surface area contributed by atoms with Crippen molar-refractivity contribution in [1.82, 2.24) is 9.88 Å². The molecule has 0 bridgehead atoms. The second-order valence-corrected chi connectivity index (χ2v) is 4.45. The van der Waals surface area contributed by atoms with Crippen LogP contribution in [-0.4, -0.2) is 40.1 Å². The first-order valence-electron chi connectivity index (χ1n) is 5.47. The maximum atomic E-state index is 12.2. The lowest BCUT2D eigenvalue weighted by atomic mass is 10.2. The van der Waals surface area contributed by atoms with Crippen molar-refractivity contribution >= 4 is 23.3 Å². The minimum atomic E-state index is -0.265. The number of nitrogens with two attached hydrogens (primary N) is 1. The maximum absolute atomic E-state index is 12.2. The van der Waals surface area contributed by atoms with Crippen LogP contribution in [0.5, 0.6) is 0 Å². The number of hydrogen-bond acceptors (Lipinski definition) is 4. The lowest BCUT2D eigenvalue weighted by Gasteiger charge is -2.22. The number of hydrogen-bond donors (Lipinski definition) is 2. The summed E-state index contributed by atoms with van der Waals surface area (Å²) in [6.45, 7) is 0.586. The zero-order valence-corrected chi connectivity index (χ0v) is 10.0. The average molecular weight is 256 g/mol. The lowest BCUT2D eigenvalue weighted by Crippen LogP contribution is -2.38. The minimum Gasteiger partial charge on any atom is -0.394 e. The number of aliphatic hydroxyl groups excluding tert-OH is 1. The number of aromatic nitrogens is 1. The highest BCUT2D eigenvalue weighted by Crippen LogP contribution is 2.23. The quantitative estimate of drug-likeness (QED) is 0.823. The largest absolute Gasteiger partial charge is 0.394 e. The molecule has 1 saturated heterocycles. The Balaban J connectivity index is 2.27. The fourth-order valence-corrected chi connectivity index (χ4v) is 2.22. The van der Waals surface area contributed by atoms with Gasteiger partial charge in [-0.2, -0.15) is 0 Å². The molecule has 1 aromatic heterocycles. The van der Waals surface area contributed by atoms with Crippen molar-refractivity contribution in [2.75, 3.05) is 18.9 Å². The zero-order chi connectivity index (χ0) is 12.4. The Hall–Kier alpha value is -1.33. The number of carbonyl (C=O) groups excluding carboxylic acids is 1. The van der Waals surface area contributed by atoms with Crippen molar-refractivity contribution in [2.24, 2.45) is 0 Å². The molecule has 2 heterocycles. The molecule has 1 aliphatic heterocycles. The van der Waals surface area contributed by atoms with E-state index in [1.807, 2.05) is 0 Å². The van der Waals surface area contributed by atoms with Gasteiger partial charge < -0.3 is 15.7 Å². The second-order valence-electron chi connectivity index (χ2n) is 4.04. The van der Waals surface area contributed by atoms with Crippen molar-refractivity contribution in [3.05, 3.63) is 22.8 Å². The Morgan fingerprint density at radius 1 is 1.65 bits per heavy atom. The monoisotopic (exact) mass is 255 g/mol. The number of nitrogen functional groups attached to an aromatic ring is 1. The Kier molecular flexibility index (Phi) is 3.49. The fraction of sp³-hybridized carbons (Fsp3) is 0.455. The van der Waals surface area contributed by atoms with Crippen molar-refractivity contribution in [3.63, 3.8) is 0 Å². The van der Waals surface area contributed by atoms with Crippen LogP contribution in [0.2, 0.25) is 5.02 Å². The SMILES string of the molecule is Nc1ccc(Cl)c(C(=O)N2CCCC2CO)n1. The number of carbonyl (C=O) groups is 1. The van der Waals surface area contributed by atoms with Gasteiger partial charge in [-0.25, -0.2) is 4.98 Å². The van der Waals surface area contributed by atoms with Crippen LogP contribution in [0.15, 0.2) is 12.1 Å². The van der Waals surface area contributed by atoms with E-state index in [2.05, 4.69) is 4.98 Å². The second kappa shape index (κ2) is 4.89. The van der Waals surface area contributed by atoms with E-state index >= 15 is 0 Å². The Labute approximate surface area is 104 Å². The number of nitrogens with zero attached hydrogens (tertiary/aromatic N) is 2. The van der Waals surface area contributed by atoms with Gasteiger partial charge in [0, 0.05) is 6.54 Å². The first-order chi connectivity index (χ1) is 8.13. The van der Waals surface area contributed by atoms with Gasteiger partial charge >= 0.3 is 0 Å². The van der Waals surface area contributed by atoms with E-state index in [1.54, 1.807) is 17.0 Å². The van der Waals surface area contributed by atoms with Crippen LogP contribution in [0.25, 0.3) is 0 Å². The van der Waals surface area contributed by atoms with Gasteiger partial charge in [-0.3, -0.25) is 4.79 Å². The van der Waals surface area contributed by atoms with Gasteiger partial charge in [-0.15, -0.1) is 0 Å². The summed E-state index contributed by atoms with van der Waals surface area (Å²) < 4.78 is 0. The van der Waals surface area contributed by atoms with Gasteiger partial charge in [0.1, 0.15) is 11.5 Å². The number of pyridine rings is 1. The number of amides is 1. The van der Waals surface area contributed by atoms with Crippen LogP contribution in [0, 0.1) is 0 Å². The van der Waals surface area contributed by atoms with Crippen molar-refractivity contribution in [3.8, 4) is 0 Å². The third kappa shape index (κ3) is 2.35. The van der Waals surface area contributed by atoms with Gasteiger partial charge in [-0.05, 0) is 25.0 Å². The summed E-state index contributed by atoms with van der Waals surface area (Å²) >= 11 is 5.93. The van der Waals surface area contributed by atoms with E-state index in [-0.39, 0.29) is 35.1 Å². The van der Waals surface area contributed by atoms with E-state index < -0.39 is 0 Å². The molecule has 2 rings (SSSR count). The standard InChI is InChI=1S/C11H14ClN3O2/c12-8-3-4-9(13)14-10(8)11(17)15-5-1-2-7(15)6-16/h3-4,7,16H,1-2,5-6H2,(H2,13,14). The molecular formula is C11H14ClN3O2. The molecule has 0 saturated carbocycles. The highest BCUT2D eigenvalue weighted by atomic mass is 35.5. The van der Waals surface area contributed by atoms with E-state index in [4.69, 9.17) is 17.3 Å². The number of anilines is 1. The van der Waals surface area contributed by atoms with E-state index in [0.29, 0.717) is 6.54 Å². The maximum Gasteiger partial charge on any atom is 0.274 e. The topological polar surface area (TPSA) is 79.5 Å². The number of halogens is 1. The molecule has 17 heavy (non-hydrogen) atoms. The highest BCUT2D eigenvalue weighted by molar-refractivity contribution is 6.33. The summed E-state index contributed by atoms with van der Waals surface area (Å²) in [6.07, 6.45) is 1.69. The summed E-state index contributed by atoms with van der Waals surface area (Å²) in [4.78, 5) is 17.8. The summed E-state index contributed by atoms with van der Waals surface area (Å²) in [5, 5.41) is 9.47. The molecule has 1 amide bonds. The van der Waals surface area contributed by atoms with Gasteiger partial charge in [0.2, 0.25) is 0 Å². The molecule has 1 atom stereocenters.